The summed E-state index contributed by atoms with van der Waals surface area (Å²) < 4.78 is 5.37. The van der Waals surface area contributed by atoms with Crippen molar-refractivity contribution in [3.63, 3.8) is 0 Å². The number of hydrogen-bond donors (Lipinski definition) is 0. The molecule has 0 N–H and O–H groups in total. The van der Waals surface area contributed by atoms with Crippen LogP contribution in [-0.4, -0.2) is 42.5 Å². The van der Waals surface area contributed by atoms with Crippen LogP contribution < -0.4 is 9.64 Å². The van der Waals surface area contributed by atoms with Crippen molar-refractivity contribution < 1.29 is 14.3 Å². The Bertz CT molecular complexity index is 1140. The fourth-order valence-corrected chi connectivity index (χ4v) is 5.84. The largest absolute Gasteiger partial charge is 0.497 e. The third kappa shape index (κ3) is 4.29. The molecule has 0 aliphatic carbocycles. The number of anilines is 1. The number of Topliss-reactive ketones (excluding diaryl/α,β-unsaturated/α-hetero) is 1. The van der Waals surface area contributed by atoms with Crippen LogP contribution in [-0.2, 0) is 4.79 Å². The third-order valence-corrected chi connectivity index (χ3v) is 7.74. The number of hydrogen-bond acceptors (Lipinski definition) is 7. The van der Waals surface area contributed by atoms with Crippen LogP contribution in [0.2, 0.25) is 0 Å². The molecule has 8 heteroatoms. The Morgan fingerprint density at radius 1 is 1.16 bits per heavy atom. The first kappa shape index (κ1) is 22.5. The van der Waals surface area contributed by atoms with Crippen molar-refractivity contribution in [3.05, 3.63) is 58.0 Å². The van der Waals surface area contributed by atoms with Gasteiger partial charge in [-0.25, -0.2) is 4.99 Å². The number of ketones is 1. The second kappa shape index (κ2) is 9.42. The Balaban J connectivity index is 1.72. The fraction of sp³-hybridized carbons (Fsp3) is 0.292. The zero-order valence-electron chi connectivity index (χ0n) is 18.5. The molecule has 0 unspecified atom stereocenters. The Hall–Kier alpha value is -2.71. The SMILES string of the molecule is CCCCN1C(=O)C(=C2Sc3ccc(OC)cc3N2C)SC1=Nc1cccc(C(C)=O)c1. The van der Waals surface area contributed by atoms with Crippen LogP contribution in [0.1, 0.15) is 37.0 Å². The molecule has 166 valence electrons. The Labute approximate surface area is 196 Å². The molecular formula is C24H25N3O3S2. The molecule has 2 aliphatic heterocycles. The minimum absolute atomic E-state index is 0.00924. The highest BCUT2D eigenvalue weighted by atomic mass is 32.2. The topological polar surface area (TPSA) is 62.2 Å². The second-order valence-electron chi connectivity index (χ2n) is 7.54. The molecule has 32 heavy (non-hydrogen) atoms. The van der Waals surface area contributed by atoms with Gasteiger partial charge >= 0.3 is 0 Å². The molecule has 1 amide bonds. The quantitative estimate of drug-likeness (QED) is 0.403. The number of amides is 1. The lowest BCUT2D eigenvalue weighted by Crippen LogP contribution is -2.30. The van der Waals surface area contributed by atoms with Gasteiger partial charge in [-0.05, 0) is 49.4 Å². The number of benzene rings is 2. The lowest BCUT2D eigenvalue weighted by atomic mass is 10.1. The van der Waals surface area contributed by atoms with Gasteiger partial charge in [0, 0.05) is 30.1 Å². The van der Waals surface area contributed by atoms with Gasteiger partial charge in [0.15, 0.2) is 11.0 Å². The smallest absolute Gasteiger partial charge is 0.269 e. The summed E-state index contributed by atoms with van der Waals surface area (Å²) in [4.78, 5) is 35.5. The number of amidine groups is 1. The lowest BCUT2D eigenvalue weighted by molar-refractivity contribution is -0.122. The van der Waals surface area contributed by atoms with Crippen LogP contribution in [0.5, 0.6) is 5.75 Å². The monoisotopic (exact) mass is 467 g/mol. The van der Waals surface area contributed by atoms with Gasteiger partial charge in [-0.3, -0.25) is 14.5 Å². The summed E-state index contributed by atoms with van der Waals surface area (Å²) in [5.74, 6) is 0.745. The van der Waals surface area contributed by atoms with Gasteiger partial charge in [0.1, 0.15) is 10.7 Å². The van der Waals surface area contributed by atoms with E-state index in [-0.39, 0.29) is 11.7 Å². The summed E-state index contributed by atoms with van der Waals surface area (Å²) in [6.07, 6.45) is 1.87. The van der Waals surface area contributed by atoms with E-state index >= 15 is 0 Å². The number of aliphatic imine (C=N–C) groups is 1. The molecule has 0 spiro atoms. The molecule has 4 rings (SSSR count). The number of carbonyl (C=O) groups excluding carboxylic acids is 2. The van der Waals surface area contributed by atoms with Gasteiger partial charge < -0.3 is 9.64 Å². The van der Waals surface area contributed by atoms with Gasteiger partial charge in [0.2, 0.25) is 0 Å². The number of thioether (sulfide) groups is 2. The maximum absolute atomic E-state index is 13.4. The van der Waals surface area contributed by atoms with E-state index in [2.05, 4.69) is 6.92 Å². The first-order valence-electron chi connectivity index (χ1n) is 10.5. The highest BCUT2D eigenvalue weighted by Crippen LogP contribution is 2.51. The van der Waals surface area contributed by atoms with Crippen molar-refractivity contribution in [2.45, 2.75) is 31.6 Å². The Kier molecular flexibility index (Phi) is 6.62. The van der Waals surface area contributed by atoms with E-state index in [4.69, 9.17) is 9.73 Å². The van der Waals surface area contributed by atoms with Crippen LogP contribution in [0.3, 0.4) is 0 Å². The molecule has 2 aromatic carbocycles. The second-order valence-corrected chi connectivity index (χ2v) is 9.55. The molecular weight excluding hydrogens is 442 g/mol. The van der Waals surface area contributed by atoms with Gasteiger partial charge in [0.05, 0.1) is 23.5 Å². The van der Waals surface area contributed by atoms with Crippen LogP contribution in [0.4, 0.5) is 11.4 Å². The molecule has 1 saturated heterocycles. The zero-order chi connectivity index (χ0) is 22.8. The summed E-state index contributed by atoms with van der Waals surface area (Å²) in [6.45, 7) is 4.25. The van der Waals surface area contributed by atoms with Crippen molar-refractivity contribution in [3.8, 4) is 5.75 Å². The predicted molar refractivity (Wildman–Crippen MR) is 132 cm³/mol. The van der Waals surface area contributed by atoms with Gasteiger partial charge in [-0.15, -0.1) is 0 Å². The van der Waals surface area contributed by atoms with Gasteiger partial charge in [-0.1, -0.05) is 37.2 Å². The van der Waals surface area contributed by atoms with Gasteiger partial charge in [-0.2, -0.15) is 0 Å². The van der Waals surface area contributed by atoms with Crippen molar-refractivity contribution in [2.75, 3.05) is 25.6 Å². The lowest BCUT2D eigenvalue weighted by Gasteiger charge is -2.16. The molecule has 0 bridgehead atoms. The average molecular weight is 468 g/mol. The molecule has 2 aromatic rings. The van der Waals surface area contributed by atoms with Crippen molar-refractivity contribution >= 4 is 51.8 Å². The molecule has 0 atom stereocenters. The van der Waals surface area contributed by atoms with Crippen LogP contribution in [0.25, 0.3) is 0 Å². The van der Waals surface area contributed by atoms with E-state index in [1.165, 1.54) is 18.7 Å². The number of carbonyl (C=O) groups is 2. The van der Waals surface area contributed by atoms with Crippen molar-refractivity contribution in [2.24, 2.45) is 4.99 Å². The standard InChI is InChI=1S/C24H25N3O3S2/c1-5-6-12-27-22(29)21(23-26(3)19-14-18(30-4)10-11-20(19)31-23)32-24(27)25-17-9-7-8-16(13-17)15(2)28/h7-11,13-14H,5-6,12H2,1-4H3. The molecule has 0 radical (unpaired) electrons. The zero-order valence-corrected chi connectivity index (χ0v) is 20.2. The van der Waals surface area contributed by atoms with E-state index < -0.39 is 0 Å². The minimum atomic E-state index is -0.0287. The summed E-state index contributed by atoms with van der Waals surface area (Å²) in [7, 11) is 3.62. The minimum Gasteiger partial charge on any atom is -0.497 e. The highest BCUT2D eigenvalue weighted by Gasteiger charge is 2.39. The van der Waals surface area contributed by atoms with Crippen molar-refractivity contribution in [1.29, 1.82) is 0 Å². The van der Waals surface area contributed by atoms with E-state index in [1.54, 1.807) is 35.9 Å². The Morgan fingerprint density at radius 2 is 1.97 bits per heavy atom. The van der Waals surface area contributed by atoms with E-state index in [0.717, 1.165) is 34.2 Å². The maximum Gasteiger partial charge on any atom is 0.269 e. The van der Waals surface area contributed by atoms with Crippen LogP contribution >= 0.6 is 23.5 Å². The summed E-state index contributed by atoms with van der Waals surface area (Å²) in [5, 5.41) is 1.54. The molecule has 1 fully saturated rings. The van der Waals surface area contributed by atoms with Crippen molar-refractivity contribution in [1.82, 2.24) is 4.90 Å². The van der Waals surface area contributed by atoms with E-state index in [1.807, 2.05) is 42.3 Å². The number of ether oxygens (including phenoxy) is 1. The molecule has 2 aliphatic rings. The van der Waals surface area contributed by atoms with E-state index in [9.17, 15) is 9.59 Å². The molecule has 6 nitrogen and oxygen atoms in total. The molecule has 2 heterocycles. The number of fused-ring (bicyclic) bond motifs is 1. The number of methoxy groups -OCH3 is 1. The fourth-order valence-electron chi connectivity index (χ4n) is 3.49. The summed E-state index contributed by atoms with van der Waals surface area (Å²) in [6, 6.07) is 13.1. The molecule has 0 aromatic heterocycles. The normalized spacial score (nSPS) is 19.1. The first-order valence-corrected chi connectivity index (χ1v) is 12.1. The van der Waals surface area contributed by atoms with Gasteiger partial charge in [0.25, 0.3) is 5.91 Å². The average Bonchev–Trinajstić information content (AvgIpc) is 3.28. The van der Waals surface area contributed by atoms with E-state index in [0.29, 0.717) is 27.9 Å². The summed E-state index contributed by atoms with van der Waals surface area (Å²) >= 11 is 2.98. The Morgan fingerprint density at radius 3 is 2.69 bits per heavy atom. The van der Waals surface area contributed by atoms with Crippen LogP contribution in [0, 0.1) is 0 Å². The maximum atomic E-state index is 13.4. The number of unbranched alkanes of at least 4 members (excludes halogenated alkanes) is 1. The summed E-state index contributed by atoms with van der Waals surface area (Å²) in [5.41, 5.74) is 2.29. The molecule has 0 saturated carbocycles. The third-order valence-electron chi connectivity index (χ3n) is 5.31. The number of rotatable bonds is 6. The number of nitrogens with zero attached hydrogens (tertiary/aromatic N) is 3. The predicted octanol–water partition coefficient (Wildman–Crippen LogP) is 5.67. The highest BCUT2D eigenvalue weighted by molar-refractivity contribution is 8.19. The van der Waals surface area contributed by atoms with Crippen LogP contribution in [0.15, 0.2) is 62.3 Å². The first-order chi connectivity index (χ1) is 15.4.